The molecule has 7 heteroatoms. The van der Waals surface area contributed by atoms with Crippen molar-refractivity contribution < 1.29 is 22.4 Å². The monoisotopic (exact) mass is 258 g/mol. The molecule has 1 aromatic heterocycles. The number of hydrogen-bond acceptors (Lipinski definition) is 2. The molecular formula is C11H6F4N2O. The van der Waals surface area contributed by atoms with Crippen molar-refractivity contribution in [3.63, 3.8) is 0 Å². The van der Waals surface area contributed by atoms with E-state index in [2.05, 4.69) is 5.10 Å². The van der Waals surface area contributed by atoms with Crippen LogP contribution in [-0.4, -0.2) is 16.1 Å². The van der Waals surface area contributed by atoms with Gasteiger partial charge in [-0.15, -0.1) is 0 Å². The molecule has 0 amide bonds. The molecule has 2 rings (SSSR count). The van der Waals surface area contributed by atoms with Gasteiger partial charge in [-0.1, -0.05) is 0 Å². The molecule has 0 aliphatic rings. The van der Waals surface area contributed by atoms with Crippen LogP contribution >= 0.6 is 0 Å². The Labute approximate surface area is 98.6 Å². The lowest BCUT2D eigenvalue weighted by Crippen LogP contribution is -2.15. The van der Waals surface area contributed by atoms with Crippen molar-refractivity contribution in [3.05, 3.63) is 47.5 Å². The van der Waals surface area contributed by atoms with E-state index in [0.29, 0.717) is 4.68 Å². The number of rotatable bonds is 2. The molecule has 94 valence electrons. The van der Waals surface area contributed by atoms with Crippen LogP contribution < -0.4 is 0 Å². The van der Waals surface area contributed by atoms with E-state index in [4.69, 9.17) is 0 Å². The summed E-state index contributed by atoms with van der Waals surface area (Å²) < 4.78 is 51.7. The van der Waals surface area contributed by atoms with Gasteiger partial charge in [-0.2, -0.15) is 18.3 Å². The highest BCUT2D eigenvalue weighted by atomic mass is 19.4. The first kappa shape index (κ1) is 12.3. The molecule has 18 heavy (non-hydrogen) atoms. The number of hydrogen-bond donors (Lipinski definition) is 0. The third-order valence-corrected chi connectivity index (χ3v) is 2.26. The molecule has 3 nitrogen and oxygen atoms in total. The molecule has 1 aromatic carbocycles. The average molecular weight is 258 g/mol. The van der Waals surface area contributed by atoms with Crippen LogP contribution in [0.1, 0.15) is 16.1 Å². The highest BCUT2D eigenvalue weighted by Crippen LogP contribution is 2.32. The molecule has 0 spiro atoms. The van der Waals surface area contributed by atoms with Crippen molar-refractivity contribution in [1.82, 2.24) is 9.78 Å². The molecule has 0 atom stereocenters. The van der Waals surface area contributed by atoms with Crippen LogP contribution in [0.15, 0.2) is 30.5 Å². The summed E-state index contributed by atoms with van der Waals surface area (Å²) in [5, 5.41) is 3.50. The summed E-state index contributed by atoms with van der Waals surface area (Å²) in [4.78, 5) is 10.6. The second-order valence-corrected chi connectivity index (χ2v) is 3.45. The Morgan fingerprint density at radius 3 is 2.28 bits per heavy atom. The fraction of sp³-hybridized carbons (Fsp3) is 0.0909. The van der Waals surface area contributed by atoms with Crippen molar-refractivity contribution in [2.24, 2.45) is 0 Å². The van der Waals surface area contributed by atoms with Gasteiger partial charge in [-0.3, -0.25) is 4.79 Å². The lowest BCUT2D eigenvalue weighted by Gasteiger charge is -2.11. The van der Waals surface area contributed by atoms with Gasteiger partial charge in [0.25, 0.3) is 0 Å². The van der Waals surface area contributed by atoms with Crippen LogP contribution in [0.4, 0.5) is 17.6 Å². The summed E-state index contributed by atoms with van der Waals surface area (Å²) in [7, 11) is 0. The van der Waals surface area contributed by atoms with E-state index in [1.54, 1.807) is 0 Å². The Hall–Kier alpha value is -2.18. The number of aromatic nitrogens is 2. The van der Waals surface area contributed by atoms with Crippen molar-refractivity contribution in [2.75, 3.05) is 0 Å². The number of halogens is 4. The van der Waals surface area contributed by atoms with Crippen molar-refractivity contribution in [1.29, 1.82) is 0 Å². The number of benzene rings is 1. The molecule has 2 aromatic rings. The van der Waals surface area contributed by atoms with E-state index in [-0.39, 0.29) is 12.0 Å². The first-order chi connectivity index (χ1) is 8.43. The molecule has 0 unspecified atom stereocenters. The minimum Gasteiger partial charge on any atom is -0.298 e. The standard InChI is InChI=1S/C11H6F4N2O/c12-8-1-3-9(4-2-8)17-10(11(13,14)15)7(6-18)5-16-17/h1-6H. The molecule has 0 fully saturated rings. The summed E-state index contributed by atoms with van der Waals surface area (Å²) >= 11 is 0. The Morgan fingerprint density at radius 1 is 1.17 bits per heavy atom. The third kappa shape index (κ3) is 2.11. The molecule has 0 aliphatic carbocycles. The quantitative estimate of drug-likeness (QED) is 0.613. The van der Waals surface area contributed by atoms with Gasteiger partial charge in [0.05, 0.1) is 17.4 Å². The van der Waals surface area contributed by atoms with E-state index in [0.717, 1.165) is 30.5 Å². The van der Waals surface area contributed by atoms with Crippen LogP contribution in [0, 0.1) is 5.82 Å². The maximum Gasteiger partial charge on any atom is 0.434 e. The Bertz CT molecular complexity index is 572. The van der Waals surface area contributed by atoms with Gasteiger partial charge < -0.3 is 0 Å². The predicted molar refractivity (Wildman–Crippen MR) is 53.9 cm³/mol. The van der Waals surface area contributed by atoms with E-state index in [1.165, 1.54) is 0 Å². The van der Waals surface area contributed by atoms with E-state index < -0.39 is 23.3 Å². The summed E-state index contributed by atoms with van der Waals surface area (Å²) in [6.45, 7) is 0. The number of carbonyl (C=O) groups is 1. The SMILES string of the molecule is O=Cc1cnn(-c2ccc(F)cc2)c1C(F)(F)F. The number of carbonyl (C=O) groups excluding carboxylic acids is 1. The second-order valence-electron chi connectivity index (χ2n) is 3.45. The summed E-state index contributed by atoms with van der Waals surface area (Å²) in [5.41, 5.74) is -1.72. The van der Waals surface area contributed by atoms with Crippen molar-refractivity contribution in [2.45, 2.75) is 6.18 Å². The highest BCUT2D eigenvalue weighted by Gasteiger charge is 2.38. The van der Waals surface area contributed by atoms with E-state index in [9.17, 15) is 22.4 Å². The van der Waals surface area contributed by atoms with Gasteiger partial charge in [-0.25, -0.2) is 9.07 Å². The molecule has 0 aliphatic heterocycles. The summed E-state index contributed by atoms with van der Waals surface area (Å²) in [6, 6.07) is 4.31. The topological polar surface area (TPSA) is 34.9 Å². The van der Waals surface area contributed by atoms with Crippen LogP contribution in [0.5, 0.6) is 0 Å². The maximum absolute atomic E-state index is 12.8. The fourth-order valence-electron chi connectivity index (χ4n) is 1.51. The van der Waals surface area contributed by atoms with Crippen molar-refractivity contribution >= 4 is 6.29 Å². The van der Waals surface area contributed by atoms with Gasteiger partial charge in [0.2, 0.25) is 0 Å². The molecule has 0 radical (unpaired) electrons. The van der Waals surface area contributed by atoms with Crippen molar-refractivity contribution in [3.8, 4) is 5.69 Å². The first-order valence-corrected chi connectivity index (χ1v) is 4.80. The van der Waals surface area contributed by atoms with Crippen LogP contribution in [0.3, 0.4) is 0 Å². The van der Waals surface area contributed by atoms with Crippen LogP contribution in [0.2, 0.25) is 0 Å². The molecule has 0 saturated heterocycles. The lowest BCUT2D eigenvalue weighted by atomic mass is 10.2. The van der Waals surface area contributed by atoms with E-state index in [1.807, 2.05) is 0 Å². The minimum absolute atomic E-state index is 0.0248. The van der Waals surface area contributed by atoms with Crippen LogP contribution in [0.25, 0.3) is 5.69 Å². The number of alkyl halides is 3. The van der Waals surface area contributed by atoms with Gasteiger partial charge in [0.15, 0.2) is 12.0 Å². The molecular weight excluding hydrogens is 252 g/mol. The number of aldehydes is 1. The molecule has 0 N–H and O–H groups in total. The zero-order valence-corrected chi connectivity index (χ0v) is 8.78. The Morgan fingerprint density at radius 2 is 1.78 bits per heavy atom. The van der Waals surface area contributed by atoms with Crippen LogP contribution in [-0.2, 0) is 6.18 Å². The van der Waals surface area contributed by atoms with Gasteiger partial charge in [-0.05, 0) is 24.3 Å². The number of nitrogens with zero attached hydrogens (tertiary/aromatic N) is 2. The second kappa shape index (κ2) is 4.25. The minimum atomic E-state index is -4.72. The average Bonchev–Trinajstić information content (AvgIpc) is 2.73. The maximum atomic E-state index is 12.8. The third-order valence-electron chi connectivity index (χ3n) is 2.26. The molecule has 1 heterocycles. The fourth-order valence-corrected chi connectivity index (χ4v) is 1.51. The van der Waals surface area contributed by atoms with E-state index >= 15 is 0 Å². The van der Waals surface area contributed by atoms with Gasteiger partial charge >= 0.3 is 6.18 Å². The smallest absolute Gasteiger partial charge is 0.298 e. The summed E-state index contributed by atoms with van der Waals surface area (Å²) in [6.07, 6.45) is -3.82. The Kier molecular flexibility index (Phi) is 2.90. The summed E-state index contributed by atoms with van der Waals surface area (Å²) in [5.74, 6) is -0.574. The van der Waals surface area contributed by atoms with Gasteiger partial charge in [0, 0.05) is 0 Å². The van der Waals surface area contributed by atoms with Gasteiger partial charge in [0.1, 0.15) is 5.82 Å². The lowest BCUT2D eigenvalue weighted by molar-refractivity contribution is -0.143. The predicted octanol–water partition coefficient (Wildman–Crippen LogP) is 2.84. The zero-order chi connectivity index (χ0) is 13.3. The Balaban J connectivity index is 2.61. The molecule has 0 bridgehead atoms. The normalized spacial score (nSPS) is 11.6. The zero-order valence-electron chi connectivity index (χ0n) is 8.78. The molecule has 0 saturated carbocycles. The first-order valence-electron chi connectivity index (χ1n) is 4.80. The highest BCUT2D eigenvalue weighted by molar-refractivity contribution is 5.76. The largest absolute Gasteiger partial charge is 0.434 e.